The van der Waals surface area contributed by atoms with Gasteiger partial charge < -0.3 is 10.4 Å². The van der Waals surface area contributed by atoms with Crippen LogP contribution in [0, 0.1) is 5.82 Å². The molecular formula is C14H10FNO3S. The number of anilines is 1. The Kier molecular flexibility index (Phi) is 4.27. The molecule has 2 rings (SSSR count). The number of carbonyl (C=O) groups excluding carboxylic acids is 1. The maximum absolute atomic E-state index is 13.8. The van der Waals surface area contributed by atoms with E-state index in [1.54, 1.807) is 17.5 Å². The molecule has 20 heavy (non-hydrogen) atoms. The smallest absolute Gasteiger partial charge is 0.328 e. The number of amides is 1. The third-order valence-electron chi connectivity index (χ3n) is 2.40. The van der Waals surface area contributed by atoms with E-state index in [1.165, 1.54) is 29.5 Å². The summed E-state index contributed by atoms with van der Waals surface area (Å²) in [6.45, 7) is 0. The third kappa shape index (κ3) is 3.52. The summed E-state index contributed by atoms with van der Waals surface area (Å²) >= 11 is 1.26. The molecule has 2 aromatic rings. The van der Waals surface area contributed by atoms with Gasteiger partial charge in [0.1, 0.15) is 5.82 Å². The summed E-state index contributed by atoms with van der Waals surface area (Å²) in [5.41, 5.74) is 0.454. The van der Waals surface area contributed by atoms with Crippen LogP contribution in [-0.2, 0) is 4.79 Å². The highest BCUT2D eigenvalue weighted by molar-refractivity contribution is 7.12. The lowest BCUT2D eigenvalue weighted by Gasteiger charge is -2.05. The van der Waals surface area contributed by atoms with Crippen LogP contribution in [0.2, 0.25) is 0 Å². The molecule has 4 nitrogen and oxygen atoms in total. The van der Waals surface area contributed by atoms with Crippen molar-refractivity contribution < 1.29 is 19.1 Å². The van der Waals surface area contributed by atoms with Gasteiger partial charge in [0.25, 0.3) is 5.91 Å². The first kappa shape index (κ1) is 14.0. The molecule has 102 valence electrons. The molecular weight excluding hydrogens is 281 g/mol. The normalized spacial score (nSPS) is 10.7. The fourth-order valence-corrected chi connectivity index (χ4v) is 2.11. The van der Waals surface area contributed by atoms with Crippen molar-refractivity contribution in [3.05, 3.63) is 58.0 Å². The van der Waals surface area contributed by atoms with E-state index in [2.05, 4.69) is 5.32 Å². The van der Waals surface area contributed by atoms with Crippen LogP contribution in [-0.4, -0.2) is 17.0 Å². The van der Waals surface area contributed by atoms with Crippen LogP contribution in [0.3, 0.4) is 0 Å². The largest absolute Gasteiger partial charge is 0.478 e. The van der Waals surface area contributed by atoms with E-state index in [4.69, 9.17) is 5.11 Å². The van der Waals surface area contributed by atoms with Gasteiger partial charge >= 0.3 is 5.97 Å². The Balaban J connectivity index is 2.14. The van der Waals surface area contributed by atoms with Gasteiger partial charge in [-0.1, -0.05) is 12.1 Å². The lowest BCUT2D eigenvalue weighted by Crippen LogP contribution is -2.11. The molecule has 0 fully saturated rings. The van der Waals surface area contributed by atoms with E-state index in [9.17, 15) is 14.0 Å². The lowest BCUT2D eigenvalue weighted by molar-refractivity contribution is -0.131. The van der Waals surface area contributed by atoms with Gasteiger partial charge in [0, 0.05) is 6.08 Å². The van der Waals surface area contributed by atoms with Crippen LogP contribution in [0.1, 0.15) is 15.2 Å². The van der Waals surface area contributed by atoms with Crippen molar-refractivity contribution in [1.29, 1.82) is 0 Å². The SMILES string of the molecule is O=C(O)C=Cc1ccc(NC(=O)c2cccs2)c(F)c1. The van der Waals surface area contributed by atoms with Crippen molar-refractivity contribution in [2.75, 3.05) is 5.32 Å². The fraction of sp³-hybridized carbons (Fsp3) is 0. The lowest BCUT2D eigenvalue weighted by atomic mass is 10.2. The van der Waals surface area contributed by atoms with Crippen LogP contribution >= 0.6 is 11.3 Å². The molecule has 6 heteroatoms. The maximum atomic E-state index is 13.8. The zero-order chi connectivity index (χ0) is 14.5. The highest BCUT2D eigenvalue weighted by Crippen LogP contribution is 2.19. The summed E-state index contributed by atoms with van der Waals surface area (Å²) < 4.78 is 13.8. The molecule has 0 spiro atoms. The molecule has 0 unspecified atom stereocenters. The van der Waals surface area contributed by atoms with Crippen LogP contribution in [0.4, 0.5) is 10.1 Å². The van der Waals surface area contributed by atoms with Gasteiger partial charge in [-0.05, 0) is 35.2 Å². The highest BCUT2D eigenvalue weighted by Gasteiger charge is 2.10. The molecule has 0 aliphatic rings. The van der Waals surface area contributed by atoms with Crippen molar-refractivity contribution in [3.8, 4) is 0 Å². The Bertz CT molecular complexity index is 665. The monoisotopic (exact) mass is 291 g/mol. The number of thiophene rings is 1. The number of aliphatic carboxylic acids is 1. The van der Waals surface area contributed by atoms with Crippen molar-refractivity contribution in [2.45, 2.75) is 0 Å². The van der Waals surface area contributed by atoms with Gasteiger partial charge in [0.15, 0.2) is 0 Å². The average Bonchev–Trinajstić information content (AvgIpc) is 2.93. The van der Waals surface area contributed by atoms with Gasteiger partial charge in [-0.3, -0.25) is 4.79 Å². The minimum absolute atomic E-state index is 0.0517. The number of hydrogen-bond donors (Lipinski definition) is 2. The molecule has 0 radical (unpaired) electrons. The Hall–Kier alpha value is -2.47. The highest BCUT2D eigenvalue weighted by atomic mass is 32.1. The molecule has 0 saturated heterocycles. The molecule has 0 atom stereocenters. The molecule has 1 amide bonds. The summed E-state index contributed by atoms with van der Waals surface area (Å²) in [4.78, 5) is 22.6. The number of hydrogen-bond acceptors (Lipinski definition) is 3. The quantitative estimate of drug-likeness (QED) is 0.850. The molecule has 1 aromatic heterocycles. The first-order valence-corrected chi connectivity index (χ1v) is 6.49. The summed E-state index contributed by atoms with van der Waals surface area (Å²) in [7, 11) is 0. The minimum Gasteiger partial charge on any atom is -0.478 e. The van der Waals surface area contributed by atoms with Crippen molar-refractivity contribution in [2.24, 2.45) is 0 Å². The number of benzene rings is 1. The second-order valence-corrected chi connectivity index (χ2v) is 4.79. The molecule has 0 aliphatic heterocycles. The second-order valence-electron chi connectivity index (χ2n) is 3.84. The Morgan fingerprint density at radius 3 is 2.70 bits per heavy atom. The summed E-state index contributed by atoms with van der Waals surface area (Å²) in [6, 6.07) is 7.44. The molecule has 0 bridgehead atoms. The standard InChI is InChI=1S/C14H10FNO3S/c15-10-8-9(4-6-13(17)18)3-5-11(10)16-14(19)12-2-1-7-20-12/h1-8H,(H,16,19)(H,17,18). The maximum Gasteiger partial charge on any atom is 0.328 e. The van der Waals surface area contributed by atoms with Crippen molar-refractivity contribution in [3.63, 3.8) is 0 Å². The summed E-state index contributed by atoms with van der Waals surface area (Å²) in [6.07, 6.45) is 2.19. The van der Waals surface area contributed by atoms with E-state index in [0.717, 1.165) is 12.1 Å². The number of carboxylic acids is 1. The summed E-state index contributed by atoms with van der Waals surface area (Å²) in [5, 5.41) is 12.7. The first-order valence-electron chi connectivity index (χ1n) is 5.61. The van der Waals surface area contributed by atoms with E-state index in [0.29, 0.717) is 10.4 Å². The Morgan fingerprint density at radius 2 is 2.10 bits per heavy atom. The van der Waals surface area contributed by atoms with Gasteiger partial charge in [0.2, 0.25) is 0 Å². The molecule has 1 aromatic carbocycles. The number of nitrogens with one attached hydrogen (secondary N) is 1. The molecule has 0 saturated carbocycles. The van der Waals surface area contributed by atoms with E-state index in [1.807, 2.05) is 0 Å². The van der Waals surface area contributed by atoms with E-state index < -0.39 is 11.8 Å². The number of carbonyl (C=O) groups is 2. The molecule has 1 heterocycles. The van der Waals surface area contributed by atoms with Gasteiger partial charge in [0.05, 0.1) is 10.6 Å². The number of carboxylic acid groups (broad SMARTS) is 1. The van der Waals surface area contributed by atoms with Crippen molar-refractivity contribution >= 4 is 35.0 Å². The molecule has 0 aliphatic carbocycles. The third-order valence-corrected chi connectivity index (χ3v) is 3.27. The fourth-order valence-electron chi connectivity index (χ4n) is 1.50. The number of halogens is 1. The molecule has 2 N–H and O–H groups in total. The van der Waals surface area contributed by atoms with Gasteiger partial charge in [-0.15, -0.1) is 11.3 Å². The van der Waals surface area contributed by atoms with E-state index in [-0.39, 0.29) is 11.6 Å². The van der Waals surface area contributed by atoms with Gasteiger partial charge in [-0.25, -0.2) is 9.18 Å². The Labute approximate surface area is 118 Å². The summed E-state index contributed by atoms with van der Waals surface area (Å²) in [5.74, 6) is -2.12. The zero-order valence-electron chi connectivity index (χ0n) is 10.2. The first-order chi connectivity index (χ1) is 9.56. The Morgan fingerprint density at radius 1 is 1.30 bits per heavy atom. The van der Waals surface area contributed by atoms with Crippen LogP contribution in [0.15, 0.2) is 41.8 Å². The van der Waals surface area contributed by atoms with Crippen LogP contribution in [0.5, 0.6) is 0 Å². The zero-order valence-corrected chi connectivity index (χ0v) is 11.0. The average molecular weight is 291 g/mol. The van der Waals surface area contributed by atoms with E-state index >= 15 is 0 Å². The van der Waals surface area contributed by atoms with Crippen LogP contribution < -0.4 is 5.32 Å². The van der Waals surface area contributed by atoms with Gasteiger partial charge in [-0.2, -0.15) is 0 Å². The predicted octanol–water partition coefficient (Wildman–Crippen LogP) is 3.24. The minimum atomic E-state index is -1.11. The topological polar surface area (TPSA) is 66.4 Å². The predicted molar refractivity (Wildman–Crippen MR) is 75.3 cm³/mol. The number of rotatable bonds is 4. The van der Waals surface area contributed by atoms with Crippen molar-refractivity contribution in [1.82, 2.24) is 0 Å². The van der Waals surface area contributed by atoms with Crippen LogP contribution in [0.25, 0.3) is 6.08 Å². The second kappa shape index (κ2) is 6.12.